The van der Waals surface area contributed by atoms with Crippen LogP contribution in [0, 0.1) is 12.7 Å². The van der Waals surface area contributed by atoms with E-state index in [0.29, 0.717) is 5.56 Å². The van der Waals surface area contributed by atoms with Crippen molar-refractivity contribution in [2.75, 3.05) is 0 Å². The molecule has 0 unspecified atom stereocenters. The van der Waals surface area contributed by atoms with Crippen LogP contribution in [0.25, 0.3) is 0 Å². The van der Waals surface area contributed by atoms with Crippen LogP contribution < -0.4 is 4.74 Å². The van der Waals surface area contributed by atoms with E-state index < -0.39 is 12.4 Å². The molecule has 0 fully saturated rings. The summed E-state index contributed by atoms with van der Waals surface area (Å²) in [6, 6.07) is 2.20. The highest BCUT2D eigenvalue weighted by Crippen LogP contribution is 2.30. The second kappa shape index (κ2) is 4.00. The molecule has 72 valence electrons. The Hall–Kier alpha value is -0.710. The Morgan fingerprint density at radius 1 is 1.38 bits per heavy atom. The van der Waals surface area contributed by atoms with Crippen molar-refractivity contribution in [3.63, 3.8) is 0 Å². The number of rotatable bonds is 2. The number of benzene rings is 1. The third-order valence-electron chi connectivity index (χ3n) is 1.40. The van der Waals surface area contributed by atoms with E-state index in [0.717, 1.165) is 12.1 Å². The molecule has 5 heteroatoms. The lowest BCUT2D eigenvalue weighted by Gasteiger charge is -2.09. The van der Waals surface area contributed by atoms with Crippen molar-refractivity contribution in [2.24, 2.45) is 0 Å². The van der Waals surface area contributed by atoms with Crippen LogP contribution in [0.4, 0.5) is 13.2 Å². The fourth-order valence-electron chi connectivity index (χ4n) is 0.927. The number of hydrogen-bond donors (Lipinski definition) is 0. The molecular formula is C8H6BrF3O. The normalized spacial score (nSPS) is 10.6. The minimum atomic E-state index is -2.90. The Kier molecular flexibility index (Phi) is 3.19. The highest BCUT2D eigenvalue weighted by molar-refractivity contribution is 9.10. The maximum atomic E-state index is 12.7. The van der Waals surface area contributed by atoms with Crippen LogP contribution in [0.1, 0.15) is 5.56 Å². The number of ether oxygens (including phenoxy) is 1. The summed E-state index contributed by atoms with van der Waals surface area (Å²) in [5.74, 6) is -0.526. The summed E-state index contributed by atoms with van der Waals surface area (Å²) < 4.78 is 40.7. The Morgan fingerprint density at radius 3 is 2.46 bits per heavy atom. The molecule has 0 spiro atoms. The molecule has 0 N–H and O–H groups in total. The maximum absolute atomic E-state index is 12.7. The van der Waals surface area contributed by atoms with E-state index >= 15 is 0 Å². The Balaban J connectivity index is 3.06. The molecule has 1 rings (SSSR count). The van der Waals surface area contributed by atoms with Crippen molar-refractivity contribution in [1.29, 1.82) is 0 Å². The smallest absolute Gasteiger partial charge is 0.387 e. The van der Waals surface area contributed by atoms with Crippen LogP contribution in [0.2, 0.25) is 0 Å². The molecule has 0 saturated heterocycles. The van der Waals surface area contributed by atoms with E-state index in [9.17, 15) is 13.2 Å². The fourth-order valence-corrected chi connectivity index (χ4v) is 1.55. The average Bonchev–Trinajstić information content (AvgIpc) is 1.96. The van der Waals surface area contributed by atoms with Crippen molar-refractivity contribution in [1.82, 2.24) is 0 Å². The van der Waals surface area contributed by atoms with Gasteiger partial charge < -0.3 is 4.74 Å². The molecule has 0 atom stereocenters. The largest absolute Gasteiger partial charge is 0.433 e. The van der Waals surface area contributed by atoms with Crippen LogP contribution >= 0.6 is 15.9 Å². The molecule has 0 heterocycles. The Labute approximate surface area is 81.6 Å². The van der Waals surface area contributed by atoms with E-state index in [1.54, 1.807) is 0 Å². The summed E-state index contributed by atoms with van der Waals surface area (Å²) >= 11 is 2.93. The molecule has 0 aliphatic carbocycles. The summed E-state index contributed by atoms with van der Waals surface area (Å²) in [6.07, 6.45) is 0. The highest BCUT2D eigenvalue weighted by atomic mass is 79.9. The lowest BCUT2D eigenvalue weighted by molar-refractivity contribution is -0.0508. The summed E-state index contributed by atoms with van der Waals surface area (Å²) in [4.78, 5) is 0. The van der Waals surface area contributed by atoms with Gasteiger partial charge in [-0.3, -0.25) is 0 Å². The van der Waals surface area contributed by atoms with Gasteiger partial charge in [0.2, 0.25) is 0 Å². The quantitative estimate of drug-likeness (QED) is 0.785. The van der Waals surface area contributed by atoms with Gasteiger partial charge in [-0.2, -0.15) is 8.78 Å². The van der Waals surface area contributed by atoms with Crippen LogP contribution in [-0.4, -0.2) is 6.61 Å². The van der Waals surface area contributed by atoms with Gasteiger partial charge in [0.1, 0.15) is 11.6 Å². The van der Waals surface area contributed by atoms with Crippen molar-refractivity contribution in [2.45, 2.75) is 13.5 Å². The molecule has 0 amide bonds. The number of hydrogen-bond acceptors (Lipinski definition) is 1. The first-order valence-electron chi connectivity index (χ1n) is 3.41. The number of aryl methyl sites for hydroxylation is 1. The van der Waals surface area contributed by atoms with E-state index in [2.05, 4.69) is 20.7 Å². The minimum absolute atomic E-state index is 0.0311. The SMILES string of the molecule is Cc1cc(F)cc(Br)c1OC(F)F. The first-order chi connectivity index (χ1) is 6.00. The zero-order valence-electron chi connectivity index (χ0n) is 6.65. The van der Waals surface area contributed by atoms with Gasteiger partial charge in [0, 0.05) is 0 Å². The maximum Gasteiger partial charge on any atom is 0.387 e. The predicted molar refractivity (Wildman–Crippen MR) is 45.5 cm³/mol. The van der Waals surface area contributed by atoms with Crippen LogP contribution in [0.5, 0.6) is 5.75 Å². The minimum Gasteiger partial charge on any atom is -0.433 e. The van der Waals surface area contributed by atoms with Gasteiger partial charge in [0.05, 0.1) is 4.47 Å². The zero-order chi connectivity index (χ0) is 10.0. The van der Waals surface area contributed by atoms with Crippen LogP contribution in [0.3, 0.4) is 0 Å². The van der Waals surface area contributed by atoms with Gasteiger partial charge >= 0.3 is 6.61 Å². The zero-order valence-corrected chi connectivity index (χ0v) is 8.24. The van der Waals surface area contributed by atoms with E-state index in [4.69, 9.17) is 0 Å². The summed E-state index contributed by atoms with van der Waals surface area (Å²) in [5.41, 5.74) is 0.326. The molecule has 0 aliphatic heterocycles. The highest BCUT2D eigenvalue weighted by Gasteiger charge is 2.12. The van der Waals surface area contributed by atoms with Gasteiger partial charge in [0.15, 0.2) is 0 Å². The topological polar surface area (TPSA) is 9.23 Å². The van der Waals surface area contributed by atoms with Crippen molar-refractivity contribution >= 4 is 15.9 Å². The van der Waals surface area contributed by atoms with Gasteiger partial charge in [-0.05, 0) is 40.5 Å². The standard InChI is InChI=1S/C8H6BrF3O/c1-4-2-5(10)3-6(9)7(4)13-8(11)12/h2-3,8H,1H3. The monoisotopic (exact) mass is 254 g/mol. The van der Waals surface area contributed by atoms with Gasteiger partial charge in [-0.1, -0.05) is 0 Å². The van der Waals surface area contributed by atoms with E-state index in [1.165, 1.54) is 6.92 Å². The molecule has 1 aromatic carbocycles. The predicted octanol–water partition coefficient (Wildman–Crippen LogP) is 3.50. The molecule has 13 heavy (non-hydrogen) atoms. The van der Waals surface area contributed by atoms with Gasteiger partial charge in [-0.15, -0.1) is 0 Å². The number of halogens is 4. The molecule has 0 aliphatic rings. The average molecular weight is 255 g/mol. The van der Waals surface area contributed by atoms with Crippen LogP contribution in [0.15, 0.2) is 16.6 Å². The van der Waals surface area contributed by atoms with Gasteiger partial charge in [0.25, 0.3) is 0 Å². The van der Waals surface area contributed by atoms with Gasteiger partial charge in [-0.25, -0.2) is 4.39 Å². The second-order valence-corrected chi connectivity index (χ2v) is 3.27. The molecule has 0 bridgehead atoms. The third kappa shape index (κ3) is 2.62. The number of alkyl halides is 2. The lowest BCUT2D eigenvalue weighted by atomic mass is 10.2. The fraction of sp³-hybridized carbons (Fsp3) is 0.250. The lowest BCUT2D eigenvalue weighted by Crippen LogP contribution is -2.04. The molecular weight excluding hydrogens is 249 g/mol. The Bertz CT molecular complexity index is 291. The molecule has 0 radical (unpaired) electrons. The molecule has 0 saturated carbocycles. The van der Waals surface area contributed by atoms with E-state index in [-0.39, 0.29) is 10.2 Å². The summed E-state index contributed by atoms with van der Waals surface area (Å²) in [6.45, 7) is -1.41. The molecule has 0 aromatic heterocycles. The molecule has 1 aromatic rings. The first-order valence-corrected chi connectivity index (χ1v) is 4.20. The second-order valence-electron chi connectivity index (χ2n) is 2.41. The van der Waals surface area contributed by atoms with Crippen molar-refractivity contribution < 1.29 is 17.9 Å². The van der Waals surface area contributed by atoms with E-state index in [1.807, 2.05) is 0 Å². The summed E-state index contributed by atoms with van der Waals surface area (Å²) in [7, 11) is 0. The first kappa shape index (κ1) is 10.4. The summed E-state index contributed by atoms with van der Waals surface area (Å²) in [5, 5.41) is 0. The van der Waals surface area contributed by atoms with Crippen molar-refractivity contribution in [3.05, 3.63) is 28.0 Å². The van der Waals surface area contributed by atoms with Crippen LogP contribution in [-0.2, 0) is 0 Å². The molecule has 1 nitrogen and oxygen atoms in total. The van der Waals surface area contributed by atoms with Crippen molar-refractivity contribution in [3.8, 4) is 5.75 Å². The Morgan fingerprint density at radius 2 is 2.00 bits per heavy atom. The third-order valence-corrected chi connectivity index (χ3v) is 1.99.